The Hall–Kier alpha value is -6.78. The van der Waals surface area contributed by atoms with Gasteiger partial charge in [0.2, 0.25) is 0 Å². The molecule has 0 aliphatic heterocycles. The van der Waals surface area contributed by atoms with E-state index in [-0.39, 0.29) is 0 Å². The number of rotatable bonds is 6. The highest BCUT2D eigenvalue weighted by atomic mass is 14.8. The highest BCUT2D eigenvalue weighted by Crippen LogP contribution is 2.37. The Balaban J connectivity index is 1.06. The molecule has 4 heteroatoms. The first-order chi connectivity index (χ1) is 24.8. The molecule has 0 aliphatic rings. The van der Waals surface area contributed by atoms with Crippen LogP contribution in [0.2, 0.25) is 0 Å². The topological polar surface area (TPSA) is 51.6 Å². The van der Waals surface area contributed by atoms with Crippen molar-refractivity contribution in [1.82, 2.24) is 19.9 Å². The summed E-state index contributed by atoms with van der Waals surface area (Å²) in [6, 6.07) is 59.1. The van der Waals surface area contributed by atoms with Crippen LogP contribution in [-0.4, -0.2) is 19.9 Å². The van der Waals surface area contributed by atoms with Crippen molar-refractivity contribution >= 4 is 21.7 Å². The molecule has 0 saturated heterocycles. The maximum Gasteiger partial charge on any atom is 0.0900 e. The van der Waals surface area contributed by atoms with Crippen LogP contribution >= 0.6 is 0 Å². The van der Waals surface area contributed by atoms with Gasteiger partial charge in [0.1, 0.15) is 0 Å². The predicted octanol–water partition coefficient (Wildman–Crippen LogP) is 11.6. The second-order valence-corrected chi connectivity index (χ2v) is 12.3. The number of hydrogen-bond donors (Lipinski definition) is 0. The molecule has 0 radical (unpaired) electrons. The van der Waals surface area contributed by atoms with E-state index in [0.29, 0.717) is 0 Å². The van der Waals surface area contributed by atoms with E-state index in [4.69, 9.17) is 9.97 Å². The Morgan fingerprint density at radius 3 is 1.50 bits per heavy atom. The van der Waals surface area contributed by atoms with Gasteiger partial charge in [-0.25, -0.2) is 9.97 Å². The van der Waals surface area contributed by atoms with Gasteiger partial charge < -0.3 is 0 Å². The minimum Gasteiger partial charge on any atom is -0.255 e. The molecule has 0 N–H and O–H groups in total. The fourth-order valence-corrected chi connectivity index (χ4v) is 6.68. The number of benzene rings is 5. The lowest BCUT2D eigenvalue weighted by Crippen LogP contribution is -1.94. The lowest BCUT2D eigenvalue weighted by Gasteiger charge is -2.13. The van der Waals surface area contributed by atoms with Crippen LogP contribution in [0.1, 0.15) is 0 Å². The minimum atomic E-state index is 0.814. The fourth-order valence-electron chi connectivity index (χ4n) is 6.68. The highest BCUT2D eigenvalue weighted by molar-refractivity contribution is 6.13. The van der Waals surface area contributed by atoms with Crippen LogP contribution in [0.3, 0.4) is 0 Å². The molecule has 9 rings (SSSR count). The van der Waals surface area contributed by atoms with Gasteiger partial charge in [-0.05, 0) is 92.7 Å². The smallest absolute Gasteiger partial charge is 0.0900 e. The largest absolute Gasteiger partial charge is 0.255 e. The van der Waals surface area contributed by atoms with Crippen LogP contribution in [-0.2, 0) is 0 Å². The molecular formula is C46H30N4. The Morgan fingerprint density at radius 2 is 0.880 bits per heavy atom. The van der Waals surface area contributed by atoms with Gasteiger partial charge in [0.15, 0.2) is 0 Å². The van der Waals surface area contributed by atoms with Gasteiger partial charge in [0.05, 0.1) is 34.0 Å². The summed E-state index contributed by atoms with van der Waals surface area (Å²) >= 11 is 0. The summed E-state index contributed by atoms with van der Waals surface area (Å²) in [4.78, 5) is 19.2. The molecule has 0 amide bonds. The third-order valence-electron chi connectivity index (χ3n) is 9.20. The van der Waals surface area contributed by atoms with Crippen molar-refractivity contribution in [3.63, 3.8) is 0 Å². The number of aromatic nitrogens is 4. The summed E-state index contributed by atoms with van der Waals surface area (Å²) in [5.41, 5.74) is 13.1. The van der Waals surface area contributed by atoms with Crippen molar-refractivity contribution in [3.8, 4) is 67.4 Å². The second kappa shape index (κ2) is 12.7. The molecule has 9 aromatic rings. The number of nitrogens with zero attached hydrogens (tertiary/aromatic N) is 4. The Kier molecular flexibility index (Phi) is 7.45. The second-order valence-electron chi connectivity index (χ2n) is 12.3. The molecular weight excluding hydrogens is 609 g/mol. The third kappa shape index (κ3) is 5.59. The van der Waals surface area contributed by atoms with Crippen molar-refractivity contribution in [1.29, 1.82) is 0 Å². The molecule has 234 valence electrons. The van der Waals surface area contributed by atoms with Crippen LogP contribution in [0.15, 0.2) is 182 Å². The van der Waals surface area contributed by atoms with E-state index < -0.39 is 0 Å². The molecule has 5 aromatic carbocycles. The average molecular weight is 639 g/mol. The molecule has 50 heavy (non-hydrogen) atoms. The summed E-state index contributed by atoms with van der Waals surface area (Å²) in [7, 11) is 0. The standard InChI is InChI=1S/C46H30N4/c1-2-10-34(11-3-1)39-30-43(49-42-25-24-35-12-4-5-13-38(35)46(39)42)36-22-20-32(21-23-36)31-16-18-33(19-17-31)37-28-44(40-14-6-8-26-47-40)50-45(29-37)41-15-7-9-27-48-41/h1-30H. The summed E-state index contributed by atoms with van der Waals surface area (Å²) in [5, 5.41) is 3.62. The third-order valence-corrected chi connectivity index (χ3v) is 9.20. The van der Waals surface area contributed by atoms with E-state index in [0.717, 1.165) is 61.8 Å². The van der Waals surface area contributed by atoms with E-state index in [9.17, 15) is 0 Å². The predicted molar refractivity (Wildman–Crippen MR) is 205 cm³/mol. The summed E-state index contributed by atoms with van der Waals surface area (Å²) < 4.78 is 0. The van der Waals surface area contributed by atoms with Gasteiger partial charge in [-0.1, -0.05) is 121 Å². The van der Waals surface area contributed by atoms with Crippen molar-refractivity contribution in [3.05, 3.63) is 182 Å². The first-order valence-electron chi connectivity index (χ1n) is 16.7. The SMILES string of the molecule is c1ccc(-c2cc(-c3ccc(-c4ccc(-c5cc(-c6ccccn6)nc(-c6ccccn6)c5)cc4)cc3)nc3ccc4ccccc4c23)cc1. The fraction of sp³-hybridized carbons (Fsp3) is 0. The molecule has 0 fully saturated rings. The minimum absolute atomic E-state index is 0.814. The van der Waals surface area contributed by atoms with Crippen molar-refractivity contribution in [2.24, 2.45) is 0 Å². The monoisotopic (exact) mass is 638 g/mol. The maximum atomic E-state index is 5.17. The van der Waals surface area contributed by atoms with Gasteiger partial charge in [-0.2, -0.15) is 0 Å². The number of pyridine rings is 4. The molecule has 0 saturated carbocycles. The van der Waals surface area contributed by atoms with Gasteiger partial charge >= 0.3 is 0 Å². The van der Waals surface area contributed by atoms with Crippen LogP contribution < -0.4 is 0 Å². The number of hydrogen-bond acceptors (Lipinski definition) is 4. The zero-order valence-corrected chi connectivity index (χ0v) is 27.1. The Bertz CT molecular complexity index is 2540. The molecule has 0 aliphatic carbocycles. The van der Waals surface area contributed by atoms with Crippen LogP contribution in [0.5, 0.6) is 0 Å². The van der Waals surface area contributed by atoms with Crippen LogP contribution in [0.4, 0.5) is 0 Å². The normalized spacial score (nSPS) is 11.2. The summed E-state index contributed by atoms with van der Waals surface area (Å²) in [6.07, 6.45) is 3.59. The quantitative estimate of drug-likeness (QED) is 0.170. The molecule has 0 spiro atoms. The van der Waals surface area contributed by atoms with Crippen LogP contribution in [0.25, 0.3) is 89.1 Å². The van der Waals surface area contributed by atoms with Crippen LogP contribution in [0, 0.1) is 0 Å². The lowest BCUT2D eigenvalue weighted by atomic mass is 9.94. The van der Waals surface area contributed by atoms with Crippen molar-refractivity contribution < 1.29 is 0 Å². The van der Waals surface area contributed by atoms with Crippen molar-refractivity contribution in [2.45, 2.75) is 0 Å². The maximum absolute atomic E-state index is 5.17. The van der Waals surface area contributed by atoms with Gasteiger partial charge in [0, 0.05) is 23.3 Å². The Labute approximate surface area is 290 Å². The van der Waals surface area contributed by atoms with Gasteiger partial charge in [-0.15, -0.1) is 0 Å². The molecule has 0 atom stereocenters. The lowest BCUT2D eigenvalue weighted by molar-refractivity contribution is 1.22. The molecule has 4 nitrogen and oxygen atoms in total. The number of fused-ring (bicyclic) bond motifs is 3. The van der Waals surface area contributed by atoms with Gasteiger partial charge in [0.25, 0.3) is 0 Å². The highest BCUT2D eigenvalue weighted by Gasteiger charge is 2.14. The molecule has 4 aromatic heterocycles. The first kappa shape index (κ1) is 29.4. The molecule has 4 heterocycles. The summed E-state index contributed by atoms with van der Waals surface area (Å²) in [5.74, 6) is 0. The van der Waals surface area contributed by atoms with Gasteiger partial charge in [-0.3, -0.25) is 9.97 Å². The molecule has 0 bridgehead atoms. The van der Waals surface area contributed by atoms with E-state index in [2.05, 4.69) is 143 Å². The average Bonchev–Trinajstić information content (AvgIpc) is 3.21. The first-order valence-corrected chi connectivity index (χ1v) is 16.7. The van der Waals surface area contributed by atoms with E-state index in [1.807, 2.05) is 36.4 Å². The Morgan fingerprint density at radius 1 is 0.320 bits per heavy atom. The van der Waals surface area contributed by atoms with Crippen molar-refractivity contribution in [2.75, 3.05) is 0 Å². The van der Waals surface area contributed by atoms with E-state index in [1.54, 1.807) is 12.4 Å². The zero-order valence-electron chi connectivity index (χ0n) is 27.1. The summed E-state index contributed by atoms with van der Waals surface area (Å²) in [6.45, 7) is 0. The zero-order chi connectivity index (χ0) is 33.3. The molecule has 0 unspecified atom stereocenters. The van der Waals surface area contributed by atoms with E-state index >= 15 is 0 Å². The van der Waals surface area contributed by atoms with E-state index in [1.165, 1.54) is 27.3 Å².